The van der Waals surface area contributed by atoms with Gasteiger partial charge < -0.3 is 10.3 Å². The predicted molar refractivity (Wildman–Crippen MR) is 49.9 cm³/mol. The van der Waals surface area contributed by atoms with Crippen molar-refractivity contribution in [1.29, 1.82) is 0 Å². The molecule has 0 saturated heterocycles. The van der Waals surface area contributed by atoms with E-state index in [9.17, 15) is 0 Å². The molecule has 1 aromatic rings. The van der Waals surface area contributed by atoms with Crippen molar-refractivity contribution in [2.24, 2.45) is 5.41 Å². The lowest BCUT2D eigenvalue weighted by Crippen LogP contribution is -2.30. The van der Waals surface area contributed by atoms with Crippen LogP contribution in [0, 0.1) is 5.41 Å². The molecule has 66 valence electrons. The molecule has 2 rings (SSSR count). The lowest BCUT2D eigenvalue weighted by Gasteiger charge is -2.18. The first-order valence-electron chi connectivity index (χ1n) is 4.45. The van der Waals surface area contributed by atoms with Gasteiger partial charge in [0.2, 0.25) is 0 Å². The highest BCUT2D eigenvalue weighted by molar-refractivity contribution is 5.30. The third-order valence-electron chi connectivity index (χ3n) is 3.22. The molecule has 1 aliphatic carbocycles. The normalized spacial score (nSPS) is 31.9. The van der Waals surface area contributed by atoms with Crippen molar-refractivity contribution in [3.63, 3.8) is 0 Å². The Morgan fingerprint density at radius 2 is 2.17 bits per heavy atom. The average Bonchev–Trinajstić information content (AvgIpc) is 2.52. The number of aromatic nitrogens is 1. The molecule has 12 heavy (non-hydrogen) atoms. The maximum absolute atomic E-state index is 3.41. The first-order chi connectivity index (χ1) is 5.62. The van der Waals surface area contributed by atoms with Gasteiger partial charge in [-0.25, -0.2) is 0 Å². The molecule has 2 nitrogen and oxygen atoms in total. The molecule has 0 amide bonds. The van der Waals surface area contributed by atoms with Crippen LogP contribution in [0.5, 0.6) is 0 Å². The zero-order chi connectivity index (χ0) is 8.82. The van der Waals surface area contributed by atoms with Crippen LogP contribution < -0.4 is 5.32 Å². The second-order valence-corrected chi connectivity index (χ2v) is 4.30. The Balaban J connectivity index is 2.34. The SMILES string of the molecule is CNC1(c2ccc[nH]2)CC1(C)C. The monoisotopic (exact) mass is 164 g/mol. The summed E-state index contributed by atoms with van der Waals surface area (Å²) in [5.41, 5.74) is 1.92. The van der Waals surface area contributed by atoms with Crippen LogP contribution in [0.4, 0.5) is 0 Å². The summed E-state index contributed by atoms with van der Waals surface area (Å²) in [5, 5.41) is 3.41. The van der Waals surface area contributed by atoms with Gasteiger partial charge in [-0.3, -0.25) is 0 Å². The molecule has 1 fully saturated rings. The Morgan fingerprint density at radius 1 is 1.50 bits per heavy atom. The van der Waals surface area contributed by atoms with Gasteiger partial charge in [0.05, 0.1) is 5.54 Å². The Hall–Kier alpha value is -0.760. The Kier molecular flexibility index (Phi) is 1.40. The summed E-state index contributed by atoms with van der Waals surface area (Å²) >= 11 is 0. The minimum absolute atomic E-state index is 0.205. The van der Waals surface area contributed by atoms with E-state index in [1.807, 2.05) is 13.2 Å². The highest BCUT2D eigenvalue weighted by atomic mass is 15.1. The van der Waals surface area contributed by atoms with Crippen LogP contribution in [-0.2, 0) is 5.54 Å². The van der Waals surface area contributed by atoms with Gasteiger partial charge in [-0.2, -0.15) is 0 Å². The molecule has 0 radical (unpaired) electrons. The van der Waals surface area contributed by atoms with Crippen LogP contribution >= 0.6 is 0 Å². The van der Waals surface area contributed by atoms with E-state index in [1.165, 1.54) is 12.1 Å². The molecular weight excluding hydrogens is 148 g/mol. The van der Waals surface area contributed by atoms with E-state index in [1.54, 1.807) is 0 Å². The van der Waals surface area contributed by atoms with E-state index < -0.39 is 0 Å². The molecule has 1 heterocycles. The summed E-state index contributed by atoms with van der Waals surface area (Å²) in [6, 6.07) is 4.22. The maximum Gasteiger partial charge on any atom is 0.0642 e. The summed E-state index contributed by atoms with van der Waals surface area (Å²) in [6.07, 6.45) is 3.21. The van der Waals surface area contributed by atoms with Crippen molar-refractivity contribution < 1.29 is 0 Å². The standard InChI is InChI=1S/C10H16N2/c1-9(2)7-10(9,11-3)8-5-4-6-12-8/h4-6,11-12H,7H2,1-3H3. The zero-order valence-corrected chi connectivity index (χ0v) is 7.94. The van der Waals surface area contributed by atoms with Crippen LogP contribution in [0.1, 0.15) is 26.0 Å². The number of aromatic amines is 1. The lowest BCUT2D eigenvalue weighted by molar-refractivity contribution is 0.433. The van der Waals surface area contributed by atoms with Crippen LogP contribution in [-0.4, -0.2) is 12.0 Å². The van der Waals surface area contributed by atoms with Crippen molar-refractivity contribution in [2.75, 3.05) is 7.05 Å². The summed E-state index contributed by atoms with van der Waals surface area (Å²) in [4.78, 5) is 3.28. The highest BCUT2D eigenvalue weighted by Crippen LogP contribution is 2.61. The molecular formula is C10H16N2. The fourth-order valence-corrected chi connectivity index (χ4v) is 2.24. The van der Waals surface area contributed by atoms with Crippen molar-refractivity contribution in [3.8, 4) is 0 Å². The van der Waals surface area contributed by atoms with E-state index in [-0.39, 0.29) is 5.54 Å². The van der Waals surface area contributed by atoms with Crippen molar-refractivity contribution >= 4 is 0 Å². The van der Waals surface area contributed by atoms with Gasteiger partial charge in [-0.05, 0) is 31.0 Å². The minimum Gasteiger partial charge on any atom is -0.363 e. The van der Waals surface area contributed by atoms with Crippen LogP contribution in [0.2, 0.25) is 0 Å². The smallest absolute Gasteiger partial charge is 0.0642 e. The maximum atomic E-state index is 3.41. The average molecular weight is 164 g/mol. The van der Waals surface area contributed by atoms with E-state index in [4.69, 9.17) is 0 Å². The van der Waals surface area contributed by atoms with E-state index in [0.717, 1.165) is 0 Å². The molecule has 1 atom stereocenters. The topological polar surface area (TPSA) is 27.8 Å². The molecule has 2 N–H and O–H groups in total. The Bertz CT molecular complexity index is 274. The third-order valence-corrected chi connectivity index (χ3v) is 3.22. The summed E-state index contributed by atoms with van der Waals surface area (Å²) in [6.45, 7) is 4.59. The summed E-state index contributed by atoms with van der Waals surface area (Å²) < 4.78 is 0. The number of H-pyrrole nitrogens is 1. The molecule has 1 saturated carbocycles. The van der Waals surface area contributed by atoms with Crippen molar-refractivity contribution in [3.05, 3.63) is 24.0 Å². The van der Waals surface area contributed by atoms with Crippen molar-refractivity contribution in [2.45, 2.75) is 25.8 Å². The van der Waals surface area contributed by atoms with Crippen LogP contribution in [0.3, 0.4) is 0 Å². The van der Waals surface area contributed by atoms with E-state index in [2.05, 4.69) is 36.3 Å². The lowest BCUT2D eigenvalue weighted by atomic mass is 10.0. The molecule has 0 aromatic carbocycles. The Morgan fingerprint density at radius 3 is 2.50 bits per heavy atom. The van der Waals surface area contributed by atoms with Gasteiger partial charge in [0.1, 0.15) is 0 Å². The van der Waals surface area contributed by atoms with Gasteiger partial charge in [-0.15, -0.1) is 0 Å². The second-order valence-electron chi connectivity index (χ2n) is 4.30. The number of nitrogens with one attached hydrogen (secondary N) is 2. The third kappa shape index (κ3) is 0.787. The molecule has 0 spiro atoms. The molecule has 1 aromatic heterocycles. The van der Waals surface area contributed by atoms with Crippen LogP contribution in [0.15, 0.2) is 18.3 Å². The van der Waals surface area contributed by atoms with E-state index in [0.29, 0.717) is 5.41 Å². The first-order valence-corrected chi connectivity index (χ1v) is 4.45. The van der Waals surface area contributed by atoms with Gasteiger partial charge in [0.15, 0.2) is 0 Å². The van der Waals surface area contributed by atoms with Crippen LogP contribution in [0.25, 0.3) is 0 Å². The molecule has 0 bridgehead atoms. The first kappa shape index (κ1) is 7.87. The Labute approximate surface area is 73.4 Å². The van der Waals surface area contributed by atoms with Gasteiger partial charge in [-0.1, -0.05) is 13.8 Å². The van der Waals surface area contributed by atoms with Gasteiger partial charge in [0, 0.05) is 11.9 Å². The molecule has 2 heteroatoms. The summed E-state index contributed by atoms with van der Waals surface area (Å²) in [5.74, 6) is 0. The molecule has 1 aliphatic rings. The van der Waals surface area contributed by atoms with Crippen molar-refractivity contribution in [1.82, 2.24) is 10.3 Å². The molecule has 1 unspecified atom stereocenters. The fraction of sp³-hybridized carbons (Fsp3) is 0.600. The van der Waals surface area contributed by atoms with E-state index >= 15 is 0 Å². The number of hydrogen-bond donors (Lipinski definition) is 2. The predicted octanol–water partition coefficient (Wildman–Crippen LogP) is 1.86. The largest absolute Gasteiger partial charge is 0.363 e. The highest BCUT2D eigenvalue weighted by Gasteiger charge is 2.61. The number of hydrogen-bond acceptors (Lipinski definition) is 1. The fourth-order valence-electron chi connectivity index (χ4n) is 2.24. The quantitative estimate of drug-likeness (QED) is 0.686. The minimum atomic E-state index is 0.205. The second kappa shape index (κ2) is 2.13. The number of rotatable bonds is 2. The molecule has 0 aliphatic heterocycles. The summed E-state index contributed by atoms with van der Waals surface area (Å²) in [7, 11) is 2.04. The van der Waals surface area contributed by atoms with Gasteiger partial charge >= 0.3 is 0 Å². The zero-order valence-electron chi connectivity index (χ0n) is 7.94. The van der Waals surface area contributed by atoms with Gasteiger partial charge in [0.25, 0.3) is 0 Å².